The number of alkyl halides is 3. The lowest BCUT2D eigenvalue weighted by molar-refractivity contribution is -0.143. The Hall–Kier alpha value is -0.190. The lowest BCUT2D eigenvalue weighted by atomic mass is 10.6. The van der Waals surface area contributed by atoms with Gasteiger partial charge < -0.3 is 10.1 Å². The van der Waals surface area contributed by atoms with Crippen molar-refractivity contribution in [1.82, 2.24) is 5.32 Å². The summed E-state index contributed by atoms with van der Waals surface area (Å²) in [5.41, 5.74) is 0. The minimum absolute atomic E-state index is 0.239. The van der Waals surface area contributed by atoms with Crippen LogP contribution >= 0.6 is 34.8 Å². The molecule has 0 heterocycles. The van der Waals surface area contributed by atoms with Crippen LogP contribution in [0.4, 0.5) is 0 Å². The van der Waals surface area contributed by atoms with Gasteiger partial charge in [0.05, 0.1) is 6.61 Å². The fourth-order valence-electron chi connectivity index (χ4n) is 0.465. The van der Waals surface area contributed by atoms with Gasteiger partial charge in [-0.1, -0.05) is 34.8 Å². The van der Waals surface area contributed by atoms with Crippen molar-refractivity contribution in [3.8, 4) is 0 Å². The Balaban J connectivity index is 3.77. The normalized spacial score (nSPS) is 10.8. The molecule has 0 fully saturated rings. The van der Waals surface area contributed by atoms with Crippen LogP contribution in [0.15, 0.2) is 0 Å². The third kappa shape index (κ3) is 5.96. The summed E-state index contributed by atoms with van der Waals surface area (Å²) in [5, 5.41) is 2.10. The Morgan fingerprint density at radius 2 is 1.92 bits per heavy atom. The first-order chi connectivity index (χ1) is 5.88. The molecule has 0 rings (SSSR count). The van der Waals surface area contributed by atoms with Crippen molar-refractivity contribution in [2.45, 2.75) is 10.7 Å². The zero-order valence-corrected chi connectivity index (χ0v) is 9.04. The van der Waals surface area contributed by atoms with E-state index in [-0.39, 0.29) is 13.2 Å². The van der Waals surface area contributed by atoms with Crippen LogP contribution in [0.2, 0.25) is 0 Å². The molecule has 0 saturated carbocycles. The number of amides is 1. The quantitative estimate of drug-likeness (QED) is 0.600. The van der Waals surface area contributed by atoms with Crippen LogP contribution in [-0.4, -0.2) is 28.8 Å². The molecule has 0 bridgehead atoms. The number of halogens is 3. The molecule has 7 heteroatoms. The molecule has 4 nitrogen and oxygen atoms in total. The average Bonchev–Trinajstić information content (AvgIpc) is 1.99. The van der Waals surface area contributed by atoms with E-state index >= 15 is 0 Å². The molecule has 76 valence electrons. The molecule has 0 aromatic rings. The summed E-state index contributed by atoms with van der Waals surface area (Å²) in [6.07, 6.45) is 0. The molecule has 0 aromatic carbocycles. The summed E-state index contributed by atoms with van der Waals surface area (Å²) in [4.78, 5) is 21.6. The highest BCUT2D eigenvalue weighted by atomic mass is 35.6. The molecule has 0 atom stereocenters. The predicted octanol–water partition coefficient (Wildman–Crippen LogP) is 1.04. The number of esters is 1. The molecule has 0 aromatic heterocycles. The smallest absolute Gasteiger partial charge is 0.325 e. The van der Waals surface area contributed by atoms with Gasteiger partial charge in [-0.3, -0.25) is 9.59 Å². The van der Waals surface area contributed by atoms with Crippen LogP contribution in [-0.2, 0) is 14.3 Å². The van der Waals surface area contributed by atoms with Crippen molar-refractivity contribution in [1.29, 1.82) is 0 Å². The SMILES string of the molecule is CCOC(=O)CNC(=O)C(Cl)(Cl)Cl. The number of rotatable bonds is 3. The van der Waals surface area contributed by atoms with E-state index in [9.17, 15) is 9.59 Å². The van der Waals surface area contributed by atoms with Gasteiger partial charge in [0.15, 0.2) is 0 Å². The Labute approximate surface area is 90.5 Å². The van der Waals surface area contributed by atoms with Gasteiger partial charge in [-0.05, 0) is 6.92 Å². The van der Waals surface area contributed by atoms with Gasteiger partial charge in [0, 0.05) is 0 Å². The first kappa shape index (κ1) is 12.8. The van der Waals surface area contributed by atoms with Crippen LogP contribution in [0.5, 0.6) is 0 Å². The van der Waals surface area contributed by atoms with E-state index in [0.717, 1.165) is 0 Å². The van der Waals surface area contributed by atoms with E-state index in [0.29, 0.717) is 0 Å². The lowest BCUT2D eigenvalue weighted by Crippen LogP contribution is -2.38. The largest absolute Gasteiger partial charge is 0.465 e. The number of carbonyl (C=O) groups is 2. The highest BCUT2D eigenvalue weighted by Crippen LogP contribution is 2.25. The van der Waals surface area contributed by atoms with E-state index in [1.165, 1.54) is 0 Å². The van der Waals surface area contributed by atoms with Crippen LogP contribution in [0.25, 0.3) is 0 Å². The van der Waals surface area contributed by atoms with E-state index in [2.05, 4.69) is 10.1 Å². The average molecular weight is 248 g/mol. The van der Waals surface area contributed by atoms with E-state index < -0.39 is 15.7 Å². The van der Waals surface area contributed by atoms with Crippen molar-refractivity contribution in [2.24, 2.45) is 0 Å². The topological polar surface area (TPSA) is 55.4 Å². The van der Waals surface area contributed by atoms with E-state index in [1.54, 1.807) is 6.92 Å². The van der Waals surface area contributed by atoms with Crippen LogP contribution < -0.4 is 5.32 Å². The Bertz CT molecular complexity index is 202. The maximum atomic E-state index is 10.9. The molecule has 1 amide bonds. The first-order valence-electron chi connectivity index (χ1n) is 3.38. The minimum Gasteiger partial charge on any atom is -0.465 e. The third-order valence-electron chi connectivity index (χ3n) is 0.956. The van der Waals surface area contributed by atoms with Crippen LogP contribution in [0, 0.1) is 0 Å². The lowest BCUT2D eigenvalue weighted by Gasteiger charge is -2.10. The Morgan fingerprint density at radius 3 is 2.31 bits per heavy atom. The molecule has 0 aliphatic rings. The van der Waals surface area contributed by atoms with Gasteiger partial charge in [-0.25, -0.2) is 0 Å². The second-order valence-electron chi connectivity index (χ2n) is 1.99. The number of ether oxygens (including phenoxy) is 1. The van der Waals surface area contributed by atoms with Crippen molar-refractivity contribution in [2.75, 3.05) is 13.2 Å². The van der Waals surface area contributed by atoms with Gasteiger partial charge in [0.1, 0.15) is 6.54 Å². The number of hydrogen-bond acceptors (Lipinski definition) is 3. The molecule has 13 heavy (non-hydrogen) atoms. The monoisotopic (exact) mass is 247 g/mol. The summed E-state index contributed by atoms with van der Waals surface area (Å²) in [7, 11) is 0. The summed E-state index contributed by atoms with van der Waals surface area (Å²) >= 11 is 15.6. The molecule has 0 aliphatic carbocycles. The van der Waals surface area contributed by atoms with Crippen molar-refractivity contribution in [3.63, 3.8) is 0 Å². The molecular formula is C6H8Cl3NO3. The van der Waals surface area contributed by atoms with Gasteiger partial charge >= 0.3 is 5.97 Å². The fourth-order valence-corrected chi connectivity index (χ4v) is 0.665. The summed E-state index contributed by atoms with van der Waals surface area (Å²) < 4.78 is 2.47. The van der Waals surface area contributed by atoms with Gasteiger partial charge in [-0.15, -0.1) is 0 Å². The number of nitrogens with one attached hydrogen (secondary N) is 1. The zero-order valence-electron chi connectivity index (χ0n) is 6.77. The van der Waals surface area contributed by atoms with Crippen LogP contribution in [0.1, 0.15) is 6.92 Å². The third-order valence-corrected chi connectivity index (χ3v) is 1.47. The van der Waals surface area contributed by atoms with Crippen molar-refractivity contribution >= 4 is 46.7 Å². The highest BCUT2D eigenvalue weighted by Gasteiger charge is 2.30. The van der Waals surface area contributed by atoms with Gasteiger partial charge in [0.25, 0.3) is 9.70 Å². The minimum atomic E-state index is -2.05. The van der Waals surface area contributed by atoms with E-state index in [1.807, 2.05) is 0 Å². The molecule has 0 aliphatic heterocycles. The molecule has 1 N–H and O–H groups in total. The summed E-state index contributed by atoms with van der Waals surface area (Å²) in [5.74, 6) is -1.43. The molecule has 0 spiro atoms. The van der Waals surface area contributed by atoms with Crippen molar-refractivity contribution in [3.05, 3.63) is 0 Å². The Kier molecular flexibility index (Phi) is 5.44. The standard InChI is InChI=1S/C6H8Cl3NO3/c1-2-13-4(11)3-10-5(12)6(7,8)9/h2-3H2,1H3,(H,10,12). The summed E-state index contributed by atoms with van der Waals surface area (Å²) in [6, 6.07) is 0. The second-order valence-corrected chi connectivity index (χ2v) is 4.27. The van der Waals surface area contributed by atoms with E-state index in [4.69, 9.17) is 34.8 Å². The molecule has 0 saturated heterocycles. The molecule has 0 unspecified atom stereocenters. The van der Waals surface area contributed by atoms with Crippen molar-refractivity contribution < 1.29 is 14.3 Å². The molecule has 0 radical (unpaired) electrons. The maximum Gasteiger partial charge on any atom is 0.325 e. The van der Waals surface area contributed by atoms with Gasteiger partial charge in [-0.2, -0.15) is 0 Å². The molecular weight excluding hydrogens is 240 g/mol. The summed E-state index contributed by atoms with van der Waals surface area (Å²) in [6.45, 7) is 1.58. The predicted molar refractivity (Wildman–Crippen MR) is 49.9 cm³/mol. The first-order valence-corrected chi connectivity index (χ1v) is 4.52. The van der Waals surface area contributed by atoms with Crippen LogP contribution in [0.3, 0.4) is 0 Å². The Morgan fingerprint density at radius 1 is 1.38 bits per heavy atom. The fraction of sp³-hybridized carbons (Fsp3) is 0.667. The second kappa shape index (κ2) is 5.52. The number of carbonyl (C=O) groups excluding carboxylic acids is 2. The zero-order chi connectivity index (χ0) is 10.5. The highest BCUT2D eigenvalue weighted by molar-refractivity contribution is 6.76. The maximum absolute atomic E-state index is 10.9. The number of hydrogen-bond donors (Lipinski definition) is 1. The van der Waals surface area contributed by atoms with Gasteiger partial charge in [0.2, 0.25) is 0 Å².